The van der Waals surface area contributed by atoms with Gasteiger partial charge >= 0.3 is 12.0 Å². The number of carbonyl (C=O) groups is 2. The van der Waals surface area contributed by atoms with Gasteiger partial charge in [0.05, 0.1) is 18.3 Å². The molecule has 0 aliphatic rings. The van der Waals surface area contributed by atoms with E-state index in [1.54, 1.807) is 13.2 Å². The van der Waals surface area contributed by atoms with Gasteiger partial charge in [-0.3, -0.25) is 0 Å². The highest BCUT2D eigenvalue weighted by atomic mass is 16.5. The fourth-order valence-electron chi connectivity index (χ4n) is 1.58. The van der Waals surface area contributed by atoms with Gasteiger partial charge in [0.1, 0.15) is 0 Å². The van der Waals surface area contributed by atoms with E-state index in [4.69, 9.17) is 9.84 Å². The molecule has 7 heteroatoms. The predicted molar refractivity (Wildman–Crippen MR) is 73.9 cm³/mol. The Bertz CT molecular complexity index is 476. The Hall–Kier alpha value is -2.15. The summed E-state index contributed by atoms with van der Waals surface area (Å²) in [6.45, 7) is 4.29. The highest BCUT2D eigenvalue weighted by molar-refractivity contribution is 5.98. The zero-order chi connectivity index (χ0) is 15.1. The summed E-state index contributed by atoms with van der Waals surface area (Å²) in [5, 5.41) is 14.2. The van der Waals surface area contributed by atoms with Crippen molar-refractivity contribution >= 4 is 17.7 Å². The molecule has 0 saturated carbocycles. The van der Waals surface area contributed by atoms with Crippen molar-refractivity contribution < 1.29 is 19.4 Å². The molecule has 0 aromatic carbocycles. The third kappa shape index (κ3) is 4.51. The van der Waals surface area contributed by atoms with E-state index >= 15 is 0 Å². The van der Waals surface area contributed by atoms with Crippen molar-refractivity contribution in [3.8, 4) is 0 Å². The number of aromatic carboxylic acids is 1. The second kappa shape index (κ2) is 7.44. The minimum absolute atomic E-state index is 0.150. The quantitative estimate of drug-likeness (QED) is 0.735. The summed E-state index contributed by atoms with van der Waals surface area (Å²) in [4.78, 5) is 26.6. The minimum atomic E-state index is -1.20. The Labute approximate surface area is 117 Å². The van der Waals surface area contributed by atoms with Gasteiger partial charge in [-0.15, -0.1) is 0 Å². The summed E-state index contributed by atoms with van der Waals surface area (Å²) < 4.78 is 5.03. The maximum Gasteiger partial charge on any atom is 0.356 e. The van der Waals surface area contributed by atoms with Gasteiger partial charge in [-0.05, 0) is 18.1 Å². The van der Waals surface area contributed by atoms with E-state index < -0.39 is 12.0 Å². The SMILES string of the molecule is COCC(NC(=O)Nc1cccnc1C(=O)O)C(C)C. The smallest absolute Gasteiger partial charge is 0.356 e. The molecule has 110 valence electrons. The van der Waals surface area contributed by atoms with Crippen LogP contribution in [0.15, 0.2) is 18.3 Å². The molecule has 7 nitrogen and oxygen atoms in total. The van der Waals surface area contributed by atoms with Crippen molar-refractivity contribution in [2.24, 2.45) is 5.92 Å². The summed E-state index contributed by atoms with van der Waals surface area (Å²) in [6, 6.07) is 2.38. The van der Waals surface area contributed by atoms with Gasteiger partial charge in [0.25, 0.3) is 0 Å². The predicted octanol–water partition coefficient (Wildman–Crippen LogP) is 1.57. The zero-order valence-electron chi connectivity index (χ0n) is 11.7. The van der Waals surface area contributed by atoms with Crippen LogP contribution in [-0.4, -0.2) is 41.8 Å². The molecular formula is C13H19N3O4. The molecule has 20 heavy (non-hydrogen) atoms. The van der Waals surface area contributed by atoms with E-state index in [-0.39, 0.29) is 23.3 Å². The molecule has 0 spiro atoms. The minimum Gasteiger partial charge on any atom is -0.476 e. The van der Waals surface area contributed by atoms with Crippen LogP contribution in [0.5, 0.6) is 0 Å². The van der Waals surface area contributed by atoms with E-state index in [1.165, 1.54) is 12.3 Å². The standard InChI is InChI=1S/C13H19N3O4/c1-8(2)10(7-20-3)16-13(19)15-9-5-4-6-14-11(9)12(17)18/h4-6,8,10H,7H2,1-3H3,(H,17,18)(H2,15,16,19). The fourth-order valence-corrected chi connectivity index (χ4v) is 1.58. The molecule has 0 radical (unpaired) electrons. The first kappa shape index (κ1) is 15.9. The second-order valence-corrected chi connectivity index (χ2v) is 4.61. The number of urea groups is 1. The number of aromatic nitrogens is 1. The Balaban J connectivity index is 2.73. The van der Waals surface area contributed by atoms with Gasteiger partial charge < -0.3 is 20.5 Å². The first-order valence-electron chi connectivity index (χ1n) is 6.20. The number of anilines is 1. The molecule has 1 heterocycles. The van der Waals surface area contributed by atoms with Crippen molar-refractivity contribution in [2.45, 2.75) is 19.9 Å². The van der Waals surface area contributed by atoms with Crippen molar-refractivity contribution in [1.29, 1.82) is 0 Å². The van der Waals surface area contributed by atoms with Gasteiger partial charge in [0, 0.05) is 13.3 Å². The molecule has 1 rings (SSSR count). The third-order valence-electron chi connectivity index (χ3n) is 2.73. The molecular weight excluding hydrogens is 262 g/mol. The van der Waals surface area contributed by atoms with Gasteiger partial charge in [-0.25, -0.2) is 14.6 Å². The Morgan fingerprint density at radius 1 is 1.45 bits per heavy atom. The Morgan fingerprint density at radius 3 is 2.70 bits per heavy atom. The number of carboxylic acid groups (broad SMARTS) is 1. The number of hydrogen-bond acceptors (Lipinski definition) is 4. The van der Waals surface area contributed by atoms with E-state index in [2.05, 4.69) is 15.6 Å². The lowest BCUT2D eigenvalue weighted by Gasteiger charge is -2.21. The van der Waals surface area contributed by atoms with Crippen molar-refractivity contribution in [2.75, 3.05) is 19.0 Å². The zero-order valence-corrected chi connectivity index (χ0v) is 11.7. The number of hydrogen-bond donors (Lipinski definition) is 3. The molecule has 1 aromatic rings. The third-order valence-corrected chi connectivity index (χ3v) is 2.73. The molecule has 3 N–H and O–H groups in total. The number of amides is 2. The number of carboxylic acids is 1. The van der Waals surface area contributed by atoms with Crippen molar-refractivity contribution in [1.82, 2.24) is 10.3 Å². The largest absolute Gasteiger partial charge is 0.476 e. The number of carbonyl (C=O) groups excluding carboxylic acids is 1. The summed E-state index contributed by atoms with van der Waals surface area (Å²) in [6.07, 6.45) is 1.36. The Kier molecular flexibility index (Phi) is 5.92. The second-order valence-electron chi connectivity index (χ2n) is 4.61. The molecule has 1 unspecified atom stereocenters. The van der Waals surface area contributed by atoms with Crippen LogP contribution in [0.3, 0.4) is 0 Å². The number of nitrogens with zero attached hydrogens (tertiary/aromatic N) is 1. The molecule has 0 aliphatic heterocycles. The molecule has 0 saturated heterocycles. The number of rotatable bonds is 6. The molecule has 0 aliphatic carbocycles. The van der Waals surface area contributed by atoms with Crippen molar-refractivity contribution in [3.05, 3.63) is 24.0 Å². The van der Waals surface area contributed by atoms with Gasteiger partial charge in [-0.1, -0.05) is 13.8 Å². The first-order chi connectivity index (χ1) is 9.45. The monoisotopic (exact) mass is 281 g/mol. The van der Waals surface area contributed by atoms with Crippen LogP contribution >= 0.6 is 0 Å². The van der Waals surface area contributed by atoms with Crippen LogP contribution in [0.2, 0.25) is 0 Å². The summed E-state index contributed by atoms with van der Waals surface area (Å²) in [7, 11) is 1.55. The average molecular weight is 281 g/mol. The fraction of sp³-hybridized carbons (Fsp3) is 0.462. The van der Waals surface area contributed by atoms with E-state index in [9.17, 15) is 9.59 Å². The summed E-state index contributed by atoms with van der Waals surface area (Å²) in [5.41, 5.74) is -0.0482. The maximum absolute atomic E-state index is 11.9. The number of ether oxygens (including phenoxy) is 1. The van der Waals surface area contributed by atoms with Gasteiger partial charge in [0.15, 0.2) is 5.69 Å². The Morgan fingerprint density at radius 2 is 2.15 bits per heavy atom. The molecule has 0 bridgehead atoms. The van der Waals surface area contributed by atoms with Crippen LogP contribution in [-0.2, 0) is 4.74 Å². The average Bonchev–Trinajstić information content (AvgIpc) is 2.38. The number of pyridine rings is 1. The molecule has 2 amide bonds. The van der Waals surface area contributed by atoms with Crippen LogP contribution in [0.25, 0.3) is 0 Å². The lowest BCUT2D eigenvalue weighted by atomic mass is 10.1. The van der Waals surface area contributed by atoms with Gasteiger partial charge in [0.2, 0.25) is 0 Å². The van der Waals surface area contributed by atoms with E-state index in [0.29, 0.717) is 6.61 Å². The van der Waals surface area contributed by atoms with Crippen molar-refractivity contribution in [3.63, 3.8) is 0 Å². The van der Waals surface area contributed by atoms with E-state index in [1.807, 2.05) is 13.8 Å². The van der Waals surface area contributed by atoms with Crippen LogP contribution in [0.1, 0.15) is 24.3 Å². The van der Waals surface area contributed by atoms with Crippen LogP contribution in [0, 0.1) is 5.92 Å². The number of methoxy groups -OCH3 is 1. The van der Waals surface area contributed by atoms with Crippen LogP contribution < -0.4 is 10.6 Å². The highest BCUT2D eigenvalue weighted by Crippen LogP contribution is 2.12. The highest BCUT2D eigenvalue weighted by Gasteiger charge is 2.18. The topological polar surface area (TPSA) is 101 Å². The molecule has 1 atom stereocenters. The lowest BCUT2D eigenvalue weighted by Crippen LogP contribution is -2.44. The lowest BCUT2D eigenvalue weighted by molar-refractivity contribution is 0.0691. The van der Waals surface area contributed by atoms with E-state index in [0.717, 1.165) is 0 Å². The summed E-state index contributed by atoms with van der Waals surface area (Å²) >= 11 is 0. The maximum atomic E-state index is 11.9. The molecule has 0 fully saturated rings. The summed E-state index contributed by atoms with van der Waals surface area (Å²) in [5.74, 6) is -1.01. The number of nitrogens with one attached hydrogen (secondary N) is 2. The van der Waals surface area contributed by atoms with Gasteiger partial charge in [-0.2, -0.15) is 0 Å². The van der Waals surface area contributed by atoms with Crippen LogP contribution in [0.4, 0.5) is 10.5 Å². The normalized spacial score (nSPS) is 12.0. The first-order valence-corrected chi connectivity index (χ1v) is 6.20. The molecule has 1 aromatic heterocycles.